The van der Waals surface area contributed by atoms with E-state index in [1.807, 2.05) is 24.4 Å². The standard InChI is InChI=1S/C15H22N4O/c1-2-16-9-14-12-20-8-7-18(14)10-13-11-19-6-4-3-5-15(19)17-13/h3-6,11,14,16H,2,7-10,12H2,1H3. The molecule has 0 aromatic carbocycles. The molecular weight excluding hydrogens is 252 g/mol. The van der Waals surface area contributed by atoms with Gasteiger partial charge < -0.3 is 14.5 Å². The zero-order valence-corrected chi connectivity index (χ0v) is 12.0. The number of aromatic nitrogens is 2. The van der Waals surface area contributed by atoms with Crippen molar-refractivity contribution in [3.05, 3.63) is 36.3 Å². The van der Waals surface area contributed by atoms with Crippen LogP contribution in [0.25, 0.3) is 5.65 Å². The largest absolute Gasteiger partial charge is 0.378 e. The third kappa shape index (κ3) is 3.00. The summed E-state index contributed by atoms with van der Waals surface area (Å²) in [5.41, 5.74) is 2.14. The van der Waals surface area contributed by atoms with Crippen molar-refractivity contribution in [3.8, 4) is 0 Å². The Bertz CT molecular complexity index is 521. The molecular formula is C15H22N4O. The van der Waals surface area contributed by atoms with E-state index in [-0.39, 0.29) is 0 Å². The van der Waals surface area contributed by atoms with E-state index in [0.29, 0.717) is 6.04 Å². The van der Waals surface area contributed by atoms with Gasteiger partial charge in [0.15, 0.2) is 0 Å². The molecule has 5 nitrogen and oxygen atoms in total. The monoisotopic (exact) mass is 274 g/mol. The van der Waals surface area contributed by atoms with Gasteiger partial charge in [0, 0.05) is 38.1 Å². The Morgan fingerprint density at radius 3 is 3.25 bits per heavy atom. The lowest BCUT2D eigenvalue weighted by molar-refractivity contribution is -0.0112. The van der Waals surface area contributed by atoms with Gasteiger partial charge in [0.05, 0.1) is 18.9 Å². The third-order valence-corrected chi connectivity index (χ3v) is 3.76. The van der Waals surface area contributed by atoms with Crippen molar-refractivity contribution in [2.24, 2.45) is 0 Å². The van der Waals surface area contributed by atoms with E-state index in [4.69, 9.17) is 4.74 Å². The molecule has 1 N–H and O–H groups in total. The summed E-state index contributed by atoms with van der Waals surface area (Å²) in [6.07, 6.45) is 4.16. The van der Waals surface area contributed by atoms with Gasteiger partial charge in [-0.25, -0.2) is 4.98 Å². The van der Waals surface area contributed by atoms with Crippen molar-refractivity contribution in [2.45, 2.75) is 19.5 Å². The van der Waals surface area contributed by atoms with E-state index in [9.17, 15) is 0 Å². The van der Waals surface area contributed by atoms with E-state index in [0.717, 1.165) is 50.7 Å². The molecule has 2 aromatic heterocycles. The Kier molecular flexibility index (Phi) is 4.30. The lowest BCUT2D eigenvalue weighted by Gasteiger charge is -2.35. The Labute approximate surface area is 119 Å². The molecule has 0 aliphatic carbocycles. The lowest BCUT2D eigenvalue weighted by atomic mass is 10.2. The molecule has 1 aliphatic heterocycles. The smallest absolute Gasteiger partial charge is 0.137 e. The first-order chi connectivity index (χ1) is 9.86. The van der Waals surface area contributed by atoms with Crippen molar-refractivity contribution in [3.63, 3.8) is 0 Å². The molecule has 0 radical (unpaired) electrons. The zero-order chi connectivity index (χ0) is 13.8. The summed E-state index contributed by atoms with van der Waals surface area (Å²) in [6, 6.07) is 6.53. The summed E-state index contributed by atoms with van der Waals surface area (Å²) in [7, 11) is 0. The van der Waals surface area contributed by atoms with Crippen molar-refractivity contribution < 1.29 is 4.74 Å². The average Bonchev–Trinajstić information content (AvgIpc) is 2.88. The number of likely N-dealkylation sites (N-methyl/N-ethyl adjacent to an activating group) is 1. The fraction of sp³-hybridized carbons (Fsp3) is 0.533. The maximum atomic E-state index is 5.60. The van der Waals surface area contributed by atoms with Crippen LogP contribution in [0.15, 0.2) is 30.6 Å². The molecule has 3 rings (SSSR count). The van der Waals surface area contributed by atoms with Crippen molar-refractivity contribution >= 4 is 5.65 Å². The maximum absolute atomic E-state index is 5.60. The Morgan fingerprint density at radius 2 is 2.40 bits per heavy atom. The second-order valence-corrected chi connectivity index (χ2v) is 5.21. The summed E-state index contributed by atoms with van der Waals surface area (Å²) < 4.78 is 7.68. The second kappa shape index (κ2) is 6.35. The molecule has 1 atom stereocenters. The number of hydrogen-bond donors (Lipinski definition) is 1. The first-order valence-electron chi connectivity index (χ1n) is 7.32. The minimum atomic E-state index is 0.438. The molecule has 20 heavy (non-hydrogen) atoms. The maximum Gasteiger partial charge on any atom is 0.137 e. The molecule has 1 fully saturated rings. The second-order valence-electron chi connectivity index (χ2n) is 5.21. The van der Waals surface area contributed by atoms with Crippen LogP contribution < -0.4 is 5.32 Å². The Hall–Kier alpha value is -1.43. The topological polar surface area (TPSA) is 41.8 Å². The van der Waals surface area contributed by atoms with Crippen LogP contribution in [0.2, 0.25) is 0 Å². The number of morpholine rings is 1. The number of imidazole rings is 1. The number of nitrogens with one attached hydrogen (secondary N) is 1. The summed E-state index contributed by atoms with van der Waals surface area (Å²) in [5, 5.41) is 3.41. The predicted molar refractivity (Wildman–Crippen MR) is 78.8 cm³/mol. The summed E-state index contributed by atoms with van der Waals surface area (Å²) in [5.74, 6) is 0. The first kappa shape index (κ1) is 13.5. The van der Waals surface area contributed by atoms with Crippen molar-refractivity contribution in [1.29, 1.82) is 0 Å². The van der Waals surface area contributed by atoms with E-state index in [1.54, 1.807) is 0 Å². The van der Waals surface area contributed by atoms with Gasteiger partial charge >= 0.3 is 0 Å². The molecule has 1 aliphatic rings. The normalized spacial score (nSPS) is 20.6. The molecule has 5 heteroatoms. The van der Waals surface area contributed by atoms with Gasteiger partial charge in [-0.1, -0.05) is 13.0 Å². The minimum absolute atomic E-state index is 0.438. The summed E-state index contributed by atoms with van der Waals surface area (Å²) >= 11 is 0. The van der Waals surface area contributed by atoms with Gasteiger partial charge in [0.1, 0.15) is 5.65 Å². The van der Waals surface area contributed by atoms with E-state index < -0.39 is 0 Å². The van der Waals surface area contributed by atoms with Crippen LogP contribution in [-0.4, -0.2) is 53.2 Å². The number of nitrogens with zero attached hydrogens (tertiary/aromatic N) is 3. The van der Waals surface area contributed by atoms with Crippen molar-refractivity contribution in [2.75, 3.05) is 32.8 Å². The fourth-order valence-corrected chi connectivity index (χ4v) is 2.67. The SMILES string of the molecule is CCNCC1COCCN1Cc1cn2ccccc2n1. The van der Waals surface area contributed by atoms with Crippen LogP contribution in [0.4, 0.5) is 0 Å². The van der Waals surface area contributed by atoms with E-state index >= 15 is 0 Å². The molecule has 2 aromatic rings. The molecule has 1 saturated heterocycles. The highest BCUT2D eigenvalue weighted by Crippen LogP contribution is 2.12. The molecule has 108 valence electrons. The third-order valence-electron chi connectivity index (χ3n) is 3.76. The van der Waals surface area contributed by atoms with E-state index in [2.05, 4.69) is 32.7 Å². The first-order valence-corrected chi connectivity index (χ1v) is 7.32. The van der Waals surface area contributed by atoms with Gasteiger partial charge in [-0.3, -0.25) is 4.90 Å². The van der Waals surface area contributed by atoms with Crippen LogP contribution in [0, 0.1) is 0 Å². The highest BCUT2D eigenvalue weighted by molar-refractivity contribution is 5.39. The highest BCUT2D eigenvalue weighted by atomic mass is 16.5. The van der Waals surface area contributed by atoms with Gasteiger partial charge in [0.25, 0.3) is 0 Å². The highest BCUT2D eigenvalue weighted by Gasteiger charge is 2.23. The van der Waals surface area contributed by atoms with Crippen molar-refractivity contribution in [1.82, 2.24) is 19.6 Å². The van der Waals surface area contributed by atoms with Gasteiger partial charge in [-0.2, -0.15) is 0 Å². The van der Waals surface area contributed by atoms with E-state index in [1.165, 1.54) is 0 Å². The average molecular weight is 274 g/mol. The minimum Gasteiger partial charge on any atom is -0.378 e. The molecule has 0 bridgehead atoms. The molecule has 0 saturated carbocycles. The quantitative estimate of drug-likeness (QED) is 0.888. The van der Waals surface area contributed by atoms with Gasteiger partial charge in [0.2, 0.25) is 0 Å². The summed E-state index contributed by atoms with van der Waals surface area (Å²) in [6.45, 7) is 7.60. The predicted octanol–water partition coefficient (Wildman–Crippen LogP) is 1.14. The van der Waals surface area contributed by atoms with Gasteiger partial charge in [-0.05, 0) is 18.7 Å². The lowest BCUT2D eigenvalue weighted by Crippen LogP contribution is -2.49. The van der Waals surface area contributed by atoms with Crippen LogP contribution in [0.3, 0.4) is 0 Å². The molecule has 1 unspecified atom stereocenters. The zero-order valence-electron chi connectivity index (χ0n) is 12.0. The number of rotatable bonds is 5. The number of hydrogen-bond acceptors (Lipinski definition) is 4. The molecule has 0 spiro atoms. The van der Waals surface area contributed by atoms with Crippen LogP contribution in [0.5, 0.6) is 0 Å². The van der Waals surface area contributed by atoms with Gasteiger partial charge in [-0.15, -0.1) is 0 Å². The fourth-order valence-electron chi connectivity index (χ4n) is 2.67. The van der Waals surface area contributed by atoms with Crippen LogP contribution >= 0.6 is 0 Å². The Balaban J connectivity index is 1.70. The molecule has 3 heterocycles. The van der Waals surface area contributed by atoms with Crippen LogP contribution in [0.1, 0.15) is 12.6 Å². The van der Waals surface area contributed by atoms with Crippen LogP contribution in [-0.2, 0) is 11.3 Å². The number of fused-ring (bicyclic) bond motifs is 1. The summed E-state index contributed by atoms with van der Waals surface area (Å²) in [4.78, 5) is 7.15. The molecule has 0 amide bonds. The Morgan fingerprint density at radius 1 is 1.45 bits per heavy atom. The number of pyridine rings is 1. The number of ether oxygens (including phenoxy) is 1.